The third-order valence-corrected chi connectivity index (χ3v) is 5.10. The third kappa shape index (κ3) is 5.09. The van der Waals surface area contributed by atoms with Gasteiger partial charge in [0.15, 0.2) is 0 Å². The third-order valence-electron chi connectivity index (χ3n) is 5.10. The fourth-order valence-electron chi connectivity index (χ4n) is 3.59. The Balaban J connectivity index is 1.69. The maximum atomic E-state index is 13.1. The van der Waals surface area contributed by atoms with Crippen LogP contribution in [0.25, 0.3) is 0 Å². The van der Waals surface area contributed by atoms with E-state index in [2.05, 4.69) is 27.2 Å². The normalized spacial score (nSPS) is 15.5. The Morgan fingerprint density at radius 3 is 2.54 bits per heavy atom. The van der Waals surface area contributed by atoms with E-state index in [0.717, 1.165) is 26.3 Å². The molecule has 1 N–H and O–H groups in total. The van der Waals surface area contributed by atoms with Gasteiger partial charge in [-0.25, -0.2) is 4.39 Å². The number of carbonyl (C=O) groups excluding carboxylic acids is 1. The average molecular weight is 385 g/mol. The summed E-state index contributed by atoms with van der Waals surface area (Å²) >= 11 is 0. The maximum Gasteiger partial charge on any atom is 0.241 e. The van der Waals surface area contributed by atoms with Gasteiger partial charge in [0.2, 0.25) is 5.91 Å². The SMILES string of the molecule is CC[C@@H](C(=O)Nc1ccc(F)cc1)N(C)Cc1ccccc1N1CCOCC1. The summed E-state index contributed by atoms with van der Waals surface area (Å²) in [4.78, 5) is 17.2. The summed E-state index contributed by atoms with van der Waals surface area (Å²) in [5.41, 5.74) is 3.00. The number of hydrogen-bond donors (Lipinski definition) is 1. The lowest BCUT2D eigenvalue weighted by atomic mass is 10.1. The van der Waals surface area contributed by atoms with E-state index in [1.54, 1.807) is 12.1 Å². The quantitative estimate of drug-likeness (QED) is 0.792. The van der Waals surface area contributed by atoms with E-state index in [0.29, 0.717) is 18.7 Å². The molecule has 1 aliphatic heterocycles. The van der Waals surface area contributed by atoms with Gasteiger partial charge >= 0.3 is 0 Å². The molecule has 0 radical (unpaired) electrons. The lowest BCUT2D eigenvalue weighted by Gasteiger charge is -2.32. The van der Waals surface area contributed by atoms with Crippen LogP contribution in [0, 0.1) is 5.82 Å². The van der Waals surface area contributed by atoms with Crippen molar-refractivity contribution in [3.63, 3.8) is 0 Å². The Bertz CT molecular complexity index is 776. The number of halogens is 1. The Labute approximate surface area is 166 Å². The van der Waals surface area contributed by atoms with Crippen LogP contribution in [0.3, 0.4) is 0 Å². The summed E-state index contributed by atoms with van der Waals surface area (Å²) < 4.78 is 18.5. The first-order valence-corrected chi connectivity index (χ1v) is 9.75. The standard InChI is InChI=1S/C22H28FN3O2/c1-3-20(22(27)24-19-10-8-18(23)9-11-19)25(2)16-17-6-4-5-7-21(17)26-12-14-28-15-13-26/h4-11,20H,3,12-16H2,1-2H3,(H,24,27)/t20-/m0/s1. The monoisotopic (exact) mass is 385 g/mol. The smallest absolute Gasteiger partial charge is 0.241 e. The average Bonchev–Trinajstić information content (AvgIpc) is 2.71. The zero-order valence-electron chi connectivity index (χ0n) is 16.5. The van der Waals surface area contributed by atoms with Crippen LogP contribution < -0.4 is 10.2 Å². The Morgan fingerprint density at radius 2 is 1.86 bits per heavy atom. The first-order chi connectivity index (χ1) is 13.6. The van der Waals surface area contributed by atoms with Crippen molar-refractivity contribution in [3.8, 4) is 0 Å². The van der Waals surface area contributed by atoms with Crippen LogP contribution in [-0.2, 0) is 16.1 Å². The lowest BCUT2D eigenvalue weighted by Crippen LogP contribution is -2.42. The van der Waals surface area contributed by atoms with Crippen molar-refractivity contribution < 1.29 is 13.9 Å². The van der Waals surface area contributed by atoms with Crippen molar-refractivity contribution in [1.29, 1.82) is 0 Å². The molecule has 1 saturated heterocycles. The lowest BCUT2D eigenvalue weighted by molar-refractivity contribution is -0.121. The molecule has 6 heteroatoms. The molecule has 1 atom stereocenters. The van der Waals surface area contributed by atoms with Crippen molar-refractivity contribution in [1.82, 2.24) is 4.90 Å². The van der Waals surface area contributed by atoms with E-state index < -0.39 is 0 Å². The molecule has 0 saturated carbocycles. The van der Waals surface area contributed by atoms with Gasteiger partial charge in [-0.15, -0.1) is 0 Å². The van der Waals surface area contributed by atoms with Gasteiger partial charge < -0.3 is 15.0 Å². The summed E-state index contributed by atoms with van der Waals surface area (Å²) in [5.74, 6) is -0.401. The summed E-state index contributed by atoms with van der Waals surface area (Å²) in [6.07, 6.45) is 0.684. The van der Waals surface area contributed by atoms with E-state index in [-0.39, 0.29) is 17.8 Å². The van der Waals surface area contributed by atoms with Gasteiger partial charge in [-0.1, -0.05) is 25.1 Å². The largest absolute Gasteiger partial charge is 0.378 e. The molecule has 1 heterocycles. The topological polar surface area (TPSA) is 44.8 Å². The minimum Gasteiger partial charge on any atom is -0.378 e. The van der Waals surface area contributed by atoms with Crippen LogP contribution in [0.2, 0.25) is 0 Å². The highest BCUT2D eigenvalue weighted by Crippen LogP contribution is 2.24. The highest BCUT2D eigenvalue weighted by atomic mass is 19.1. The second kappa shape index (κ2) is 9.66. The number of morpholine rings is 1. The van der Waals surface area contributed by atoms with E-state index in [1.807, 2.05) is 26.1 Å². The predicted molar refractivity (Wildman–Crippen MR) is 110 cm³/mol. The maximum absolute atomic E-state index is 13.1. The minimum atomic E-state index is -0.318. The number of likely N-dealkylation sites (N-methyl/N-ethyl adjacent to an activating group) is 1. The molecular weight excluding hydrogens is 357 g/mol. The van der Waals surface area contributed by atoms with E-state index in [4.69, 9.17) is 4.74 Å². The van der Waals surface area contributed by atoms with Gasteiger partial charge in [-0.3, -0.25) is 9.69 Å². The first-order valence-electron chi connectivity index (χ1n) is 9.75. The number of carbonyl (C=O) groups is 1. The second-order valence-corrected chi connectivity index (χ2v) is 7.06. The number of anilines is 2. The van der Waals surface area contributed by atoms with Crippen LogP contribution in [0.15, 0.2) is 48.5 Å². The molecule has 150 valence electrons. The minimum absolute atomic E-state index is 0.0829. The molecule has 0 aliphatic carbocycles. The zero-order valence-corrected chi connectivity index (χ0v) is 16.5. The van der Waals surface area contributed by atoms with Crippen molar-refractivity contribution in [2.24, 2.45) is 0 Å². The molecule has 1 amide bonds. The molecule has 1 fully saturated rings. The van der Waals surface area contributed by atoms with Crippen LogP contribution in [0.4, 0.5) is 15.8 Å². The highest BCUT2D eigenvalue weighted by molar-refractivity contribution is 5.94. The van der Waals surface area contributed by atoms with Gasteiger partial charge in [-0.2, -0.15) is 0 Å². The van der Waals surface area contributed by atoms with Gasteiger partial charge in [0.25, 0.3) is 0 Å². The van der Waals surface area contributed by atoms with Gasteiger partial charge in [0.1, 0.15) is 5.82 Å². The molecule has 2 aromatic carbocycles. The number of nitrogens with one attached hydrogen (secondary N) is 1. The summed E-state index contributed by atoms with van der Waals surface area (Å²) in [5, 5.41) is 2.89. The molecule has 5 nitrogen and oxygen atoms in total. The van der Waals surface area contributed by atoms with Crippen LogP contribution in [-0.4, -0.2) is 50.2 Å². The van der Waals surface area contributed by atoms with Crippen molar-refractivity contribution in [2.45, 2.75) is 25.9 Å². The molecular formula is C22H28FN3O2. The molecule has 3 rings (SSSR count). The number of para-hydroxylation sites is 1. The number of ether oxygens (including phenoxy) is 1. The number of hydrogen-bond acceptors (Lipinski definition) is 4. The fourth-order valence-corrected chi connectivity index (χ4v) is 3.59. The summed E-state index contributed by atoms with van der Waals surface area (Å²) in [7, 11) is 1.97. The van der Waals surface area contributed by atoms with Gasteiger partial charge in [0, 0.05) is 31.0 Å². The molecule has 0 spiro atoms. The van der Waals surface area contributed by atoms with Crippen LogP contribution >= 0.6 is 0 Å². The molecule has 28 heavy (non-hydrogen) atoms. The number of benzene rings is 2. The molecule has 1 aliphatic rings. The van der Waals surface area contributed by atoms with Crippen molar-refractivity contribution in [2.75, 3.05) is 43.6 Å². The van der Waals surface area contributed by atoms with Crippen molar-refractivity contribution >= 4 is 17.3 Å². The van der Waals surface area contributed by atoms with E-state index >= 15 is 0 Å². The Hall–Kier alpha value is -2.44. The zero-order chi connectivity index (χ0) is 19.9. The highest BCUT2D eigenvalue weighted by Gasteiger charge is 2.23. The van der Waals surface area contributed by atoms with Crippen LogP contribution in [0.5, 0.6) is 0 Å². The summed E-state index contributed by atoms with van der Waals surface area (Å²) in [6, 6.07) is 13.9. The Kier molecular flexibility index (Phi) is 7.01. The van der Waals surface area contributed by atoms with Crippen LogP contribution in [0.1, 0.15) is 18.9 Å². The van der Waals surface area contributed by atoms with E-state index in [9.17, 15) is 9.18 Å². The predicted octanol–water partition coefficient (Wildman–Crippen LogP) is 3.51. The van der Waals surface area contributed by atoms with Crippen molar-refractivity contribution in [3.05, 3.63) is 59.9 Å². The van der Waals surface area contributed by atoms with E-state index in [1.165, 1.54) is 23.4 Å². The number of rotatable bonds is 7. The van der Waals surface area contributed by atoms with Gasteiger partial charge in [-0.05, 0) is 49.4 Å². The van der Waals surface area contributed by atoms with Gasteiger partial charge in [0.05, 0.1) is 19.3 Å². The number of nitrogens with zero attached hydrogens (tertiary/aromatic N) is 2. The Morgan fingerprint density at radius 1 is 1.18 bits per heavy atom. The molecule has 0 bridgehead atoms. The first kappa shape index (κ1) is 20.3. The summed E-state index contributed by atoms with van der Waals surface area (Å²) in [6.45, 7) is 5.90. The molecule has 0 unspecified atom stereocenters. The fraction of sp³-hybridized carbons (Fsp3) is 0.409. The number of amides is 1. The molecule has 2 aromatic rings. The second-order valence-electron chi connectivity index (χ2n) is 7.06. The molecule has 0 aromatic heterocycles.